The molecular formula is C22H24N4O3. The van der Waals surface area contributed by atoms with Crippen molar-refractivity contribution in [2.24, 2.45) is 0 Å². The molecule has 0 unspecified atom stereocenters. The lowest BCUT2D eigenvalue weighted by Crippen LogP contribution is -2.22. The van der Waals surface area contributed by atoms with Crippen LogP contribution in [0, 0.1) is 0 Å². The van der Waals surface area contributed by atoms with Crippen LogP contribution in [-0.4, -0.2) is 47.2 Å². The van der Waals surface area contributed by atoms with Gasteiger partial charge in [-0.15, -0.1) is 0 Å². The highest BCUT2D eigenvalue weighted by Crippen LogP contribution is 2.33. The highest BCUT2D eigenvalue weighted by molar-refractivity contribution is 5.57. The molecule has 3 heterocycles. The lowest BCUT2D eigenvalue weighted by molar-refractivity contribution is 0.305. The average molecular weight is 392 g/mol. The Morgan fingerprint density at radius 2 is 1.86 bits per heavy atom. The molecule has 3 aromatic rings. The van der Waals surface area contributed by atoms with Crippen molar-refractivity contribution in [3.63, 3.8) is 0 Å². The van der Waals surface area contributed by atoms with Gasteiger partial charge < -0.3 is 14.5 Å². The second-order valence-corrected chi connectivity index (χ2v) is 7.11. The number of nitrogens with one attached hydrogen (secondary N) is 1. The maximum atomic E-state index is 12.2. The highest BCUT2D eigenvalue weighted by Gasteiger charge is 2.27. The standard InChI is InChI=1S/C22H24N4O3/c1-28-19-4-3-5-20(29-2)17(19)14-26-11-8-16(13-26)22-24-18(12-21(27)25-22)15-6-9-23-10-7-15/h3-7,9-10,12,16H,8,11,13-14H2,1-2H3,(H,24,25,27)/t16-/m0/s1. The molecule has 0 bridgehead atoms. The topological polar surface area (TPSA) is 80.3 Å². The van der Waals surface area contributed by atoms with Crippen LogP contribution in [0.2, 0.25) is 0 Å². The van der Waals surface area contributed by atoms with Gasteiger partial charge in [0.25, 0.3) is 5.56 Å². The van der Waals surface area contributed by atoms with Crippen molar-refractivity contribution >= 4 is 0 Å². The number of methoxy groups -OCH3 is 2. The fourth-order valence-corrected chi connectivity index (χ4v) is 3.85. The lowest BCUT2D eigenvalue weighted by atomic mass is 10.1. The van der Waals surface area contributed by atoms with Gasteiger partial charge in [0.1, 0.15) is 17.3 Å². The maximum Gasteiger partial charge on any atom is 0.251 e. The summed E-state index contributed by atoms with van der Waals surface area (Å²) in [5, 5.41) is 0. The number of hydrogen-bond donors (Lipinski definition) is 1. The zero-order chi connectivity index (χ0) is 20.2. The monoisotopic (exact) mass is 392 g/mol. The van der Waals surface area contributed by atoms with Crippen LogP contribution in [0.4, 0.5) is 0 Å². The number of H-pyrrole nitrogens is 1. The van der Waals surface area contributed by atoms with Gasteiger partial charge >= 0.3 is 0 Å². The number of pyridine rings is 1. The van der Waals surface area contributed by atoms with Crippen LogP contribution in [0.15, 0.2) is 53.6 Å². The summed E-state index contributed by atoms with van der Waals surface area (Å²) in [5.74, 6) is 2.54. The molecule has 1 fully saturated rings. The third-order valence-corrected chi connectivity index (χ3v) is 5.31. The van der Waals surface area contributed by atoms with E-state index in [0.29, 0.717) is 5.69 Å². The normalized spacial score (nSPS) is 16.7. The molecule has 0 aliphatic carbocycles. The summed E-state index contributed by atoms with van der Waals surface area (Å²) in [4.78, 5) is 26.3. The summed E-state index contributed by atoms with van der Waals surface area (Å²) < 4.78 is 11.0. The number of benzene rings is 1. The maximum absolute atomic E-state index is 12.2. The predicted octanol–water partition coefficient (Wildman–Crippen LogP) is 2.84. The van der Waals surface area contributed by atoms with Crippen LogP contribution >= 0.6 is 0 Å². The predicted molar refractivity (Wildman–Crippen MR) is 110 cm³/mol. The minimum Gasteiger partial charge on any atom is -0.496 e. The van der Waals surface area contributed by atoms with E-state index in [1.807, 2.05) is 30.3 Å². The van der Waals surface area contributed by atoms with Crippen molar-refractivity contribution in [2.75, 3.05) is 27.3 Å². The molecule has 1 N–H and O–H groups in total. The van der Waals surface area contributed by atoms with Gasteiger partial charge in [0.15, 0.2) is 0 Å². The first kappa shape index (κ1) is 19.1. The smallest absolute Gasteiger partial charge is 0.251 e. The Morgan fingerprint density at radius 1 is 1.14 bits per heavy atom. The molecule has 7 nitrogen and oxygen atoms in total. The van der Waals surface area contributed by atoms with E-state index < -0.39 is 0 Å². The summed E-state index contributed by atoms with van der Waals surface area (Å²) in [6.07, 6.45) is 4.34. The number of nitrogens with zero attached hydrogens (tertiary/aromatic N) is 3. The van der Waals surface area contributed by atoms with E-state index in [1.54, 1.807) is 26.6 Å². The van der Waals surface area contributed by atoms with Crippen LogP contribution in [-0.2, 0) is 6.54 Å². The molecule has 2 aromatic heterocycles. The SMILES string of the molecule is COc1cccc(OC)c1CN1CC[C@H](c2nc(-c3ccncc3)cc(=O)[nH]2)C1. The van der Waals surface area contributed by atoms with E-state index in [2.05, 4.69) is 14.9 Å². The first-order valence-corrected chi connectivity index (χ1v) is 9.62. The van der Waals surface area contributed by atoms with Crippen LogP contribution < -0.4 is 15.0 Å². The fourth-order valence-electron chi connectivity index (χ4n) is 3.85. The molecule has 1 aliphatic heterocycles. The van der Waals surface area contributed by atoms with Crippen molar-refractivity contribution in [1.29, 1.82) is 0 Å². The fraction of sp³-hybridized carbons (Fsp3) is 0.318. The average Bonchev–Trinajstić information content (AvgIpc) is 3.23. The van der Waals surface area contributed by atoms with E-state index in [-0.39, 0.29) is 11.5 Å². The Labute approximate surface area is 169 Å². The molecule has 0 spiro atoms. The molecule has 7 heteroatoms. The number of rotatable bonds is 6. The molecule has 1 aliphatic rings. The Hall–Kier alpha value is -3.19. The molecule has 0 amide bonds. The molecule has 1 atom stereocenters. The van der Waals surface area contributed by atoms with Gasteiger partial charge in [-0.1, -0.05) is 6.07 Å². The molecule has 29 heavy (non-hydrogen) atoms. The number of hydrogen-bond acceptors (Lipinski definition) is 6. The van der Waals surface area contributed by atoms with E-state index in [4.69, 9.17) is 14.5 Å². The van der Waals surface area contributed by atoms with Crippen LogP contribution in [0.25, 0.3) is 11.3 Å². The molecule has 4 rings (SSSR count). The molecule has 0 radical (unpaired) electrons. The third kappa shape index (κ3) is 4.14. The first-order chi connectivity index (χ1) is 14.2. The van der Waals surface area contributed by atoms with E-state index in [9.17, 15) is 4.79 Å². The summed E-state index contributed by atoms with van der Waals surface area (Å²) in [5.41, 5.74) is 2.47. The number of aromatic nitrogens is 3. The Balaban J connectivity index is 1.54. The second kappa shape index (κ2) is 8.45. The minimum atomic E-state index is -0.133. The van der Waals surface area contributed by atoms with Crippen LogP contribution in [0.5, 0.6) is 11.5 Å². The van der Waals surface area contributed by atoms with Crippen LogP contribution in [0.3, 0.4) is 0 Å². The van der Waals surface area contributed by atoms with Crippen LogP contribution in [0.1, 0.15) is 23.7 Å². The number of ether oxygens (including phenoxy) is 2. The Bertz CT molecular complexity index is 1010. The zero-order valence-electron chi connectivity index (χ0n) is 16.6. The van der Waals surface area contributed by atoms with Crippen molar-refractivity contribution in [3.8, 4) is 22.8 Å². The number of likely N-dealkylation sites (tertiary alicyclic amines) is 1. The van der Waals surface area contributed by atoms with Crippen molar-refractivity contribution in [2.45, 2.75) is 18.9 Å². The van der Waals surface area contributed by atoms with Crippen molar-refractivity contribution < 1.29 is 9.47 Å². The second-order valence-electron chi connectivity index (χ2n) is 7.11. The molecule has 0 saturated carbocycles. The molecule has 1 saturated heterocycles. The molecular weight excluding hydrogens is 368 g/mol. The van der Waals surface area contributed by atoms with Crippen molar-refractivity contribution in [3.05, 3.63) is 70.5 Å². The number of aromatic amines is 1. The quantitative estimate of drug-likeness (QED) is 0.695. The summed E-state index contributed by atoms with van der Waals surface area (Å²) in [7, 11) is 3.34. The zero-order valence-corrected chi connectivity index (χ0v) is 16.6. The molecule has 1 aromatic carbocycles. The third-order valence-electron chi connectivity index (χ3n) is 5.31. The van der Waals surface area contributed by atoms with E-state index in [0.717, 1.165) is 54.5 Å². The van der Waals surface area contributed by atoms with Gasteiger partial charge in [0, 0.05) is 43.0 Å². The van der Waals surface area contributed by atoms with Crippen molar-refractivity contribution in [1.82, 2.24) is 19.9 Å². The van der Waals surface area contributed by atoms with Gasteiger partial charge in [0.2, 0.25) is 0 Å². The lowest BCUT2D eigenvalue weighted by Gasteiger charge is -2.20. The largest absolute Gasteiger partial charge is 0.496 e. The van der Waals surface area contributed by atoms with E-state index >= 15 is 0 Å². The van der Waals surface area contributed by atoms with Gasteiger partial charge in [-0.25, -0.2) is 4.98 Å². The Kier molecular flexibility index (Phi) is 5.57. The van der Waals surface area contributed by atoms with Gasteiger partial charge in [0.05, 0.1) is 25.5 Å². The summed E-state index contributed by atoms with van der Waals surface area (Å²) >= 11 is 0. The van der Waals surface area contributed by atoms with E-state index in [1.165, 1.54) is 6.07 Å². The molecule has 150 valence electrons. The van der Waals surface area contributed by atoms with Gasteiger partial charge in [-0.2, -0.15) is 0 Å². The van der Waals surface area contributed by atoms with Gasteiger partial charge in [-0.05, 0) is 37.2 Å². The minimum absolute atomic E-state index is 0.133. The Morgan fingerprint density at radius 3 is 2.55 bits per heavy atom. The highest BCUT2D eigenvalue weighted by atomic mass is 16.5. The summed E-state index contributed by atoms with van der Waals surface area (Å²) in [6.45, 7) is 2.44. The first-order valence-electron chi connectivity index (χ1n) is 9.62. The summed E-state index contributed by atoms with van der Waals surface area (Å²) in [6, 6.07) is 11.1. The van der Waals surface area contributed by atoms with Gasteiger partial charge in [-0.3, -0.25) is 14.7 Å².